The second-order valence-corrected chi connectivity index (χ2v) is 5.73. The molecule has 0 radical (unpaired) electrons. The van der Waals surface area contributed by atoms with E-state index >= 15 is 0 Å². The van der Waals surface area contributed by atoms with E-state index in [9.17, 15) is 4.39 Å². The molecule has 1 aromatic heterocycles. The first-order valence-corrected chi connectivity index (χ1v) is 7.66. The number of hydrogen-bond donors (Lipinski definition) is 2. The molecule has 0 amide bonds. The Labute approximate surface area is 135 Å². The van der Waals surface area contributed by atoms with Crippen molar-refractivity contribution in [1.29, 1.82) is 0 Å². The molecular formula is C16H21FN6. The number of nitrogens with one attached hydrogen (secondary N) is 1. The molecule has 1 aliphatic heterocycles. The summed E-state index contributed by atoms with van der Waals surface area (Å²) >= 11 is 0. The highest BCUT2D eigenvalue weighted by Crippen LogP contribution is 2.27. The van der Waals surface area contributed by atoms with E-state index < -0.39 is 0 Å². The largest absolute Gasteiger partial charge is 0.393 e. The first-order valence-electron chi connectivity index (χ1n) is 7.66. The lowest BCUT2D eigenvalue weighted by atomic mass is 10.2. The average molecular weight is 316 g/mol. The fourth-order valence-corrected chi connectivity index (χ4v) is 2.59. The Kier molecular flexibility index (Phi) is 4.57. The molecule has 2 heterocycles. The van der Waals surface area contributed by atoms with Crippen molar-refractivity contribution in [2.24, 2.45) is 0 Å². The summed E-state index contributed by atoms with van der Waals surface area (Å²) in [5.41, 5.74) is 7.75. The Hall–Kier alpha value is -2.41. The van der Waals surface area contributed by atoms with Gasteiger partial charge in [-0.1, -0.05) is 12.1 Å². The molecule has 3 N–H and O–H groups in total. The fraction of sp³-hybridized carbons (Fsp3) is 0.375. The number of benzene rings is 1. The number of nitrogens with two attached hydrogens (primary N) is 1. The first kappa shape index (κ1) is 15.5. The van der Waals surface area contributed by atoms with Crippen LogP contribution in [0.5, 0.6) is 0 Å². The molecule has 0 saturated carbocycles. The topological polar surface area (TPSA) is 70.3 Å². The Bertz CT molecular complexity index is 652. The SMILES string of the molecule is CN1CCN(c2ncnc(NCc3ccc(F)cc3)c2N)CC1. The van der Waals surface area contributed by atoms with E-state index in [1.807, 2.05) is 0 Å². The highest BCUT2D eigenvalue weighted by atomic mass is 19.1. The zero-order valence-corrected chi connectivity index (χ0v) is 13.2. The van der Waals surface area contributed by atoms with Gasteiger partial charge in [0.15, 0.2) is 11.6 Å². The number of halogens is 1. The van der Waals surface area contributed by atoms with Gasteiger partial charge in [0.2, 0.25) is 0 Å². The van der Waals surface area contributed by atoms with Crippen LogP contribution in [0.1, 0.15) is 5.56 Å². The summed E-state index contributed by atoms with van der Waals surface area (Å²) in [5.74, 6) is 1.14. The predicted octanol–water partition coefficient (Wildman–Crippen LogP) is 1.56. The molecule has 1 saturated heterocycles. The van der Waals surface area contributed by atoms with Crippen molar-refractivity contribution in [3.05, 3.63) is 42.0 Å². The van der Waals surface area contributed by atoms with Crippen molar-refractivity contribution < 1.29 is 4.39 Å². The van der Waals surface area contributed by atoms with Gasteiger partial charge in [-0.25, -0.2) is 14.4 Å². The maximum atomic E-state index is 12.9. The lowest BCUT2D eigenvalue weighted by Crippen LogP contribution is -2.45. The Morgan fingerprint density at radius 3 is 2.52 bits per heavy atom. The average Bonchev–Trinajstić information content (AvgIpc) is 2.56. The van der Waals surface area contributed by atoms with Crippen LogP contribution in [0.3, 0.4) is 0 Å². The summed E-state index contributed by atoms with van der Waals surface area (Å²) in [7, 11) is 2.11. The number of nitrogens with zero attached hydrogens (tertiary/aromatic N) is 4. The van der Waals surface area contributed by atoms with Gasteiger partial charge >= 0.3 is 0 Å². The summed E-state index contributed by atoms with van der Waals surface area (Å²) in [6, 6.07) is 6.36. The molecular weight excluding hydrogens is 295 g/mol. The van der Waals surface area contributed by atoms with Crippen molar-refractivity contribution in [3.8, 4) is 0 Å². The molecule has 3 rings (SSSR count). The molecule has 7 heteroatoms. The number of likely N-dealkylation sites (N-methyl/N-ethyl adjacent to an activating group) is 1. The van der Waals surface area contributed by atoms with Gasteiger partial charge in [0.05, 0.1) is 0 Å². The molecule has 6 nitrogen and oxygen atoms in total. The van der Waals surface area contributed by atoms with Crippen LogP contribution in [0.25, 0.3) is 0 Å². The minimum absolute atomic E-state index is 0.243. The summed E-state index contributed by atoms with van der Waals surface area (Å²) < 4.78 is 12.9. The van der Waals surface area contributed by atoms with Crippen molar-refractivity contribution in [2.75, 3.05) is 49.2 Å². The highest BCUT2D eigenvalue weighted by Gasteiger charge is 2.19. The molecule has 0 atom stereocenters. The quantitative estimate of drug-likeness (QED) is 0.892. The van der Waals surface area contributed by atoms with Crippen molar-refractivity contribution in [1.82, 2.24) is 14.9 Å². The van der Waals surface area contributed by atoms with Crippen LogP contribution in [-0.2, 0) is 6.54 Å². The molecule has 0 spiro atoms. The van der Waals surface area contributed by atoms with Crippen molar-refractivity contribution >= 4 is 17.3 Å². The lowest BCUT2D eigenvalue weighted by Gasteiger charge is -2.33. The number of anilines is 3. The normalized spacial score (nSPS) is 15.7. The second-order valence-electron chi connectivity index (χ2n) is 5.73. The predicted molar refractivity (Wildman–Crippen MR) is 89.9 cm³/mol. The van der Waals surface area contributed by atoms with Gasteiger partial charge in [-0.2, -0.15) is 0 Å². The van der Waals surface area contributed by atoms with Gasteiger partial charge in [0, 0.05) is 32.7 Å². The molecule has 2 aromatic rings. The lowest BCUT2D eigenvalue weighted by molar-refractivity contribution is 0.312. The Morgan fingerprint density at radius 1 is 1.13 bits per heavy atom. The van der Waals surface area contributed by atoms with Crippen LogP contribution in [0.2, 0.25) is 0 Å². The van der Waals surface area contributed by atoms with Crippen LogP contribution in [0.4, 0.5) is 21.7 Å². The second kappa shape index (κ2) is 6.78. The third-order valence-corrected chi connectivity index (χ3v) is 4.04. The molecule has 0 unspecified atom stereocenters. The molecule has 1 fully saturated rings. The molecule has 0 bridgehead atoms. The van der Waals surface area contributed by atoms with Crippen LogP contribution in [0.15, 0.2) is 30.6 Å². The van der Waals surface area contributed by atoms with E-state index in [2.05, 4.69) is 32.1 Å². The molecule has 122 valence electrons. The molecule has 1 aliphatic rings. The Morgan fingerprint density at radius 2 is 1.83 bits per heavy atom. The minimum Gasteiger partial charge on any atom is -0.393 e. The smallest absolute Gasteiger partial charge is 0.157 e. The summed E-state index contributed by atoms with van der Waals surface area (Å²) in [6.07, 6.45) is 1.52. The Balaban J connectivity index is 1.70. The third kappa shape index (κ3) is 3.68. The minimum atomic E-state index is -0.243. The number of hydrogen-bond acceptors (Lipinski definition) is 6. The van der Waals surface area contributed by atoms with Gasteiger partial charge in [-0.3, -0.25) is 0 Å². The number of piperazine rings is 1. The fourth-order valence-electron chi connectivity index (χ4n) is 2.59. The van der Waals surface area contributed by atoms with Crippen molar-refractivity contribution in [2.45, 2.75) is 6.54 Å². The van der Waals surface area contributed by atoms with Crippen LogP contribution in [0, 0.1) is 5.82 Å². The number of aromatic nitrogens is 2. The maximum Gasteiger partial charge on any atom is 0.157 e. The van der Waals surface area contributed by atoms with Gasteiger partial charge in [-0.15, -0.1) is 0 Å². The highest BCUT2D eigenvalue weighted by molar-refractivity contribution is 5.75. The summed E-state index contributed by atoms with van der Waals surface area (Å²) in [5, 5.41) is 3.20. The van der Waals surface area contributed by atoms with E-state index in [0.29, 0.717) is 18.1 Å². The summed E-state index contributed by atoms with van der Waals surface area (Å²) in [4.78, 5) is 13.0. The first-order chi connectivity index (χ1) is 11.1. The number of rotatable bonds is 4. The van der Waals surface area contributed by atoms with E-state index in [1.54, 1.807) is 12.1 Å². The molecule has 23 heavy (non-hydrogen) atoms. The monoisotopic (exact) mass is 316 g/mol. The van der Waals surface area contributed by atoms with Crippen LogP contribution < -0.4 is 16.0 Å². The van der Waals surface area contributed by atoms with E-state index in [1.165, 1.54) is 18.5 Å². The van der Waals surface area contributed by atoms with Crippen LogP contribution >= 0.6 is 0 Å². The van der Waals surface area contributed by atoms with Crippen LogP contribution in [-0.4, -0.2) is 48.1 Å². The van der Waals surface area contributed by atoms with Gasteiger partial charge in [0.25, 0.3) is 0 Å². The number of nitrogen functional groups attached to an aromatic ring is 1. The van der Waals surface area contributed by atoms with Gasteiger partial charge < -0.3 is 20.9 Å². The molecule has 1 aromatic carbocycles. The maximum absolute atomic E-state index is 12.9. The zero-order chi connectivity index (χ0) is 16.2. The van der Waals surface area contributed by atoms with Gasteiger partial charge in [-0.05, 0) is 24.7 Å². The van der Waals surface area contributed by atoms with E-state index in [-0.39, 0.29) is 5.82 Å². The van der Waals surface area contributed by atoms with Gasteiger partial charge in [0.1, 0.15) is 17.8 Å². The molecule has 0 aliphatic carbocycles. The standard InChI is InChI=1S/C16H21FN6/c1-22-6-8-23(9-7-22)16-14(18)15(20-11-21-16)19-10-12-2-4-13(17)5-3-12/h2-5,11H,6-10,18H2,1H3,(H,19,20,21). The third-order valence-electron chi connectivity index (χ3n) is 4.04. The van der Waals surface area contributed by atoms with E-state index in [4.69, 9.17) is 5.73 Å². The van der Waals surface area contributed by atoms with E-state index in [0.717, 1.165) is 37.6 Å². The zero-order valence-electron chi connectivity index (χ0n) is 13.2. The van der Waals surface area contributed by atoms with Crippen molar-refractivity contribution in [3.63, 3.8) is 0 Å². The summed E-state index contributed by atoms with van der Waals surface area (Å²) in [6.45, 7) is 4.30.